The standard InChI is InChI=1S/C27H32O2/c1-6-26(3,7-2)29-25-19-15-23(16-20-25)27(4,21-11-9-8-10-12-21)22-13-17-24(28-5)18-14-22/h8-20H,6-7H2,1-5H3. The number of ether oxygens (including phenoxy) is 2. The van der Waals surface area contributed by atoms with Crippen LogP contribution >= 0.6 is 0 Å². The van der Waals surface area contributed by atoms with Crippen molar-refractivity contribution in [1.82, 2.24) is 0 Å². The average Bonchev–Trinajstić information content (AvgIpc) is 2.79. The minimum absolute atomic E-state index is 0.125. The van der Waals surface area contributed by atoms with E-state index in [9.17, 15) is 0 Å². The lowest BCUT2D eigenvalue weighted by atomic mass is 9.71. The van der Waals surface area contributed by atoms with E-state index in [2.05, 4.69) is 94.4 Å². The summed E-state index contributed by atoms with van der Waals surface area (Å²) in [6.45, 7) is 8.80. The van der Waals surface area contributed by atoms with Gasteiger partial charge in [0.15, 0.2) is 0 Å². The first-order valence-electron chi connectivity index (χ1n) is 10.4. The molecule has 3 rings (SSSR count). The van der Waals surface area contributed by atoms with Gasteiger partial charge in [-0.1, -0.05) is 68.4 Å². The maximum atomic E-state index is 6.29. The van der Waals surface area contributed by atoms with E-state index in [-0.39, 0.29) is 11.0 Å². The summed E-state index contributed by atoms with van der Waals surface area (Å²) in [6.07, 6.45) is 1.97. The molecule has 0 heterocycles. The third kappa shape index (κ3) is 4.32. The van der Waals surface area contributed by atoms with Crippen molar-refractivity contribution in [2.24, 2.45) is 0 Å². The summed E-state index contributed by atoms with van der Waals surface area (Å²) < 4.78 is 11.7. The Bertz CT molecular complexity index is 894. The normalized spacial score (nSPS) is 13.6. The smallest absolute Gasteiger partial charge is 0.120 e. The van der Waals surface area contributed by atoms with E-state index in [1.165, 1.54) is 16.7 Å². The monoisotopic (exact) mass is 388 g/mol. The topological polar surface area (TPSA) is 18.5 Å². The molecule has 0 N–H and O–H groups in total. The van der Waals surface area contributed by atoms with Crippen LogP contribution in [0, 0.1) is 0 Å². The molecule has 0 saturated carbocycles. The summed E-state index contributed by atoms with van der Waals surface area (Å²) in [6, 6.07) is 27.6. The molecule has 29 heavy (non-hydrogen) atoms. The molecular formula is C27H32O2. The Labute approximate surface area is 175 Å². The summed E-state index contributed by atoms with van der Waals surface area (Å²) in [5.74, 6) is 1.79. The number of methoxy groups -OCH3 is 1. The molecule has 0 aliphatic rings. The van der Waals surface area contributed by atoms with Crippen molar-refractivity contribution in [3.63, 3.8) is 0 Å². The summed E-state index contributed by atoms with van der Waals surface area (Å²) in [7, 11) is 1.70. The molecule has 0 aliphatic carbocycles. The summed E-state index contributed by atoms with van der Waals surface area (Å²) >= 11 is 0. The van der Waals surface area contributed by atoms with Crippen molar-refractivity contribution in [1.29, 1.82) is 0 Å². The Kier molecular flexibility index (Phi) is 6.32. The molecule has 0 fully saturated rings. The molecule has 0 saturated heterocycles. The van der Waals surface area contributed by atoms with Crippen LogP contribution in [0.1, 0.15) is 57.2 Å². The Morgan fingerprint density at radius 2 is 1.07 bits per heavy atom. The number of hydrogen-bond acceptors (Lipinski definition) is 2. The average molecular weight is 389 g/mol. The minimum atomic E-state index is -0.273. The highest BCUT2D eigenvalue weighted by atomic mass is 16.5. The summed E-state index contributed by atoms with van der Waals surface area (Å²) in [5.41, 5.74) is 3.32. The lowest BCUT2D eigenvalue weighted by Gasteiger charge is -2.33. The maximum Gasteiger partial charge on any atom is 0.120 e. The van der Waals surface area contributed by atoms with Gasteiger partial charge in [0.1, 0.15) is 17.1 Å². The second kappa shape index (κ2) is 8.73. The number of hydrogen-bond donors (Lipinski definition) is 0. The van der Waals surface area contributed by atoms with Gasteiger partial charge in [-0.2, -0.15) is 0 Å². The van der Waals surface area contributed by atoms with Crippen molar-refractivity contribution in [3.8, 4) is 11.5 Å². The molecule has 1 atom stereocenters. The van der Waals surface area contributed by atoms with Crippen molar-refractivity contribution >= 4 is 0 Å². The van der Waals surface area contributed by atoms with Crippen LogP contribution in [0.4, 0.5) is 0 Å². The third-order valence-corrected chi connectivity index (χ3v) is 6.31. The van der Waals surface area contributed by atoms with E-state index in [0.717, 1.165) is 24.3 Å². The van der Waals surface area contributed by atoms with E-state index in [4.69, 9.17) is 9.47 Å². The molecule has 0 bridgehead atoms. The van der Waals surface area contributed by atoms with Crippen LogP contribution in [-0.2, 0) is 5.41 Å². The van der Waals surface area contributed by atoms with Gasteiger partial charge < -0.3 is 9.47 Å². The quantitative estimate of drug-likeness (QED) is 0.387. The molecule has 2 nitrogen and oxygen atoms in total. The zero-order valence-electron chi connectivity index (χ0n) is 18.2. The highest BCUT2D eigenvalue weighted by molar-refractivity contribution is 5.51. The highest BCUT2D eigenvalue weighted by Crippen LogP contribution is 2.40. The molecule has 3 aromatic carbocycles. The summed E-state index contributed by atoms with van der Waals surface area (Å²) in [5, 5.41) is 0. The second-order valence-electron chi connectivity index (χ2n) is 8.00. The van der Waals surface area contributed by atoms with Gasteiger partial charge in [-0.15, -0.1) is 0 Å². The Morgan fingerprint density at radius 1 is 0.621 bits per heavy atom. The number of benzene rings is 3. The van der Waals surface area contributed by atoms with Gasteiger partial charge in [-0.05, 0) is 67.6 Å². The van der Waals surface area contributed by atoms with Crippen LogP contribution in [0.5, 0.6) is 11.5 Å². The van der Waals surface area contributed by atoms with Crippen LogP contribution in [0.25, 0.3) is 0 Å². The molecule has 0 radical (unpaired) electrons. The van der Waals surface area contributed by atoms with Crippen LogP contribution in [0.2, 0.25) is 0 Å². The zero-order chi connectivity index (χ0) is 20.9. The van der Waals surface area contributed by atoms with Gasteiger partial charge in [0.2, 0.25) is 0 Å². The molecule has 3 aromatic rings. The SMILES string of the molecule is CCC(C)(CC)Oc1ccc(C(C)(c2ccccc2)c2ccc(OC)cc2)cc1. The van der Waals surface area contributed by atoms with Crippen molar-refractivity contribution in [2.75, 3.05) is 7.11 Å². The Morgan fingerprint density at radius 3 is 1.52 bits per heavy atom. The van der Waals surface area contributed by atoms with E-state index < -0.39 is 0 Å². The first kappa shape index (κ1) is 21.0. The fraction of sp³-hybridized carbons (Fsp3) is 0.333. The number of rotatable bonds is 8. The highest BCUT2D eigenvalue weighted by Gasteiger charge is 2.31. The second-order valence-corrected chi connectivity index (χ2v) is 8.00. The van der Waals surface area contributed by atoms with E-state index in [0.29, 0.717) is 0 Å². The molecule has 152 valence electrons. The first-order chi connectivity index (χ1) is 13.9. The fourth-order valence-electron chi connectivity index (χ4n) is 3.73. The maximum absolute atomic E-state index is 6.29. The van der Waals surface area contributed by atoms with Gasteiger partial charge >= 0.3 is 0 Å². The van der Waals surface area contributed by atoms with Gasteiger partial charge in [0, 0.05) is 5.41 Å². The predicted octanol–water partition coefficient (Wildman–Crippen LogP) is 7.01. The minimum Gasteiger partial charge on any atom is -0.497 e. The first-order valence-corrected chi connectivity index (χ1v) is 10.4. The van der Waals surface area contributed by atoms with Crippen molar-refractivity contribution in [3.05, 3.63) is 95.6 Å². The van der Waals surface area contributed by atoms with E-state index in [1.807, 2.05) is 12.1 Å². The molecule has 0 spiro atoms. The molecule has 2 heteroatoms. The van der Waals surface area contributed by atoms with Crippen molar-refractivity contribution in [2.45, 2.75) is 51.6 Å². The van der Waals surface area contributed by atoms with Crippen LogP contribution in [0.3, 0.4) is 0 Å². The summed E-state index contributed by atoms with van der Waals surface area (Å²) in [4.78, 5) is 0. The van der Waals surface area contributed by atoms with Crippen LogP contribution in [0.15, 0.2) is 78.9 Å². The van der Waals surface area contributed by atoms with E-state index >= 15 is 0 Å². The fourth-order valence-corrected chi connectivity index (χ4v) is 3.73. The van der Waals surface area contributed by atoms with E-state index in [1.54, 1.807) is 7.11 Å². The van der Waals surface area contributed by atoms with Gasteiger partial charge in [-0.3, -0.25) is 0 Å². The van der Waals surface area contributed by atoms with Crippen LogP contribution in [-0.4, -0.2) is 12.7 Å². The third-order valence-electron chi connectivity index (χ3n) is 6.31. The van der Waals surface area contributed by atoms with Gasteiger partial charge in [0.25, 0.3) is 0 Å². The Balaban J connectivity index is 2.03. The molecule has 1 unspecified atom stereocenters. The zero-order valence-corrected chi connectivity index (χ0v) is 18.2. The lowest BCUT2D eigenvalue weighted by Crippen LogP contribution is -2.30. The van der Waals surface area contributed by atoms with Crippen molar-refractivity contribution < 1.29 is 9.47 Å². The Hall–Kier alpha value is -2.74. The predicted molar refractivity (Wildman–Crippen MR) is 121 cm³/mol. The molecule has 0 amide bonds. The largest absolute Gasteiger partial charge is 0.497 e. The van der Waals surface area contributed by atoms with Gasteiger partial charge in [-0.25, -0.2) is 0 Å². The lowest BCUT2D eigenvalue weighted by molar-refractivity contribution is 0.0803. The van der Waals surface area contributed by atoms with Gasteiger partial charge in [0.05, 0.1) is 7.11 Å². The molecular weight excluding hydrogens is 356 g/mol. The molecule has 0 aromatic heterocycles. The molecule has 0 aliphatic heterocycles. The van der Waals surface area contributed by atoms with Crippen LogP contribution < -0.4 is 9.47 Å².